The fourth-order valence-corrected chi connectivity index (χ4v) is 2.82. The van der Waals surface area contributed by atoms with Gasteiger partial charge < -0.3 is 0 Å². The number of nitrogens with zero attached hydrogens (tertiary/aromatic N) is 1. The number of pyridine rings is 1. The Morgan fingerprint density at radius 2 is 1.58 bits per heavy atom. The second kappa shape index (κ2) is 4.06. The first-order valence-electron chi connectivity index (χ1n) is 6.54. The predicted octanol–water partition coefficient (Wildman–Crippen LogP) is 4.32. The van der Waals surface area contributed by atoms with Crippen LogP contribution in [-0.4, -0.2) is 4.98 Å². The summed E-state index contributed by atoms with van der Waals surface area (Å²) in [6.45, 7) is 0. The second-order valence-electron chi connectivity index (χ2n) is 4.92. The van der Waals surface area contributed by atoms with Gasteiger partial charge in [-0.1, -0.05) is 42.5 Å². The third-order valence-electron chi connectivity index (χ3n) is 3.76. The Hall–Kier alpha value is -2.41. The Labute approximate surface area is 112 Å². The normalized spacial score (nSPS) is 12.0. The van der Waals surface area contributed by atoms with Gasteiger partial charge in [0, 0.05) is 11.8 Å². The van der Waals surface area contributed by atoms with Crippen LogP contribution >= 0.6 is 0 Å². The van der Waals surface area contributed by atoms with Crippen molar-refractivity contribution in [3.63, 3.8) is 0 Å². The Morgan fingerprint density at radius 1 is 0.737 bits per heavy atom. The van der Waals surface area contributed by atoms with E-state index in [1.54, 1.807) is 0 Å². The number of rotatable bonds is 1. The molecule has 1 aromatic heterocycles. The van der Waals surface area contributed by atoms with E-state index in [1.807, 2.05) is 18.3 Å². The first kappa shape index (κ1) is 10.5. The molecule has 0 unspecified atom stereocenters. The molecule has 0 amide bonds. The highest BCUT2D eigenvalue weighted by Crippen LogP contribution is 2.38. The molecule has 4 rings (SSSR count). The van der Waals surface area contributed by atoms with Crippen molar-refractivity contribution in [2.75, 3.05) is 0 Å². The molecule has 3 aromatic rings. The van der Waals surface area contributed by atoms with E-state index in [4.69, 9.17) is 0 Å². The summed E-state index contributed by atoms with van der Waals surface area (Å²) in [4.78, 5) is 4.43. The topological polar surface area (TPSA) is 12.9 Å². The summed E-state index contributed by atoms with van der Waals surface area (Å²) in [6.07, 6.45) is 2.89. The van der Waals surface area contributed by atoms with E-state index in [9.17, 15) is 0 Å². The van der Waals surface area contributed by atoms with Crippen molar-refractivity contribution < 1.29 is 0 Å². The van der Waals surface area contributed by atoms with Crippen molar-refractivity contribution in [2.24, 2.45) is 0 Å². The number of hydrogen-bond donors (Lipinski definition) is 0. The summed E-state index contributed by atoms with van der Waals surface area (Å²) in [6, 6.07) is 21.4. The van der Waals surface area contributed by atoms with Gasteiger partial charge >= 0.3 is 0 Å². The van der Waals surface area contributed by atoms with Crippen molar-refractivity contribution in [3.8, 4) is 22.4 Å². The molecule has 0 spiro atoms. The maximum atomic E-state index is 4.43. The minimum Gasteiger partial charge on any atom is -0.256 e. The number of benzene rings is 2. The van der Waals surface area contributed by atoms with E-state index in [0.29, 0.717) is 0 Å². The Bertz CT molecular complexity index is 745. The largest absolute Gasteiger partial charge is 0.256 e. The highest BCUT2D eigenvalue weighted by molar-refractivity contribution is 5.80. The highest BCUT2D eigenvalue weighted by atomic mass is 14.7. The molecule has 1 aliphatic carbocycles. The van der Waals surface area contributed by atoms with Gasteiger partial charge in [-0.15, -0.1) is 0 Å². The molecule has 0 N–H and O–H groups in total. The average molecular weight is 243 g/mol. The lowest BCUT2D eigenvalue weighted by Crippen LogP contribution is -1.85. The van der Waals surface area contributed by atoms with Crippen LogP contribution in [0.3, 0.4) is 0 Å². The van der Waals surface area contributed by atoms with Crippen LogP contribution < -0.4 is 0 Å². The van der Waals surface area contributed by atoms with E-state index < -0.39 is 0 Å². The summed E-state index contributed by atoms with van der Waals surface area (Å²) < 4.78 is 0. The molecule has 0 aliphatic heterocycles. The Balaban J connectivity index is 1.89. The van der Waals surface area contributed by atoms with Gasteiger partial charge in [-0.25, -0.2) is 0 Å². The third kappa shape index (κ3) is 1.66. The van der Waals surface area contributed by atoms with Crippen molar-refractivity contribution in [1.29, 1.82) is 0 Å². The van der Waals surface area contributed by atoms with Crippen LogP contribution in [0.15, 0.2) is 66.9 Å². The maximum Gasteiger partial charge on any atom is 0.0702 e. The standard InChI is InChI=1S/C18H13N/c1-2-6-16-13(5-1)11-14-8-9-15(12-17(14)16)18-7-3-4-10-19-18/h1-10,12H,11H2. The van der Waals surface area contributed by atoms with E-state index >= 15 is 0 Å². The van der Waals surface area contributed by atoms with Crippen LogP contribution in [0.1, 0.15) is 11.1 Å². The Morgan fingerprint density at radius 3 is 2.47 bits per heavy atom. The molecule has 1 nitrogen and oxygen atoms in total. The second-order valence-corrected chi connectivity index (χ2v) is 4.92. The number of fused-ring (bicyclic) bond motifs is 3. The molecule has 0 fully saturated rings. The van der Waals surface area contributed by atoms with Crippen molar-refractivity contribution in [1.82, 2.24) is 4.98 Å². The smallest absolute Gasteiger partial charge is 0.0702 e. The van der Waals surface area contributed by atoms with Gasteiger partial charge in [0.1, 0.15) is 0 Å². The molecule has 0 saturated heterocycles. The van der Waals surface area contributed by atoms with Crippen LogP contribution in [-0.2, 0) is 6.42 Å². The van der Waals surface area contributed by atoms with E-state index in [1.165, 1.54) is 27.8 Å². The minimum atomic E-state index is 1.04. The zero-order valence-electron chi connectivity index (χ0n) is 10.5. The molecular formula is C18H13N. The van der Waals surface area contributed by atoms with Gasteiger partial charge in [0.05, 0.1) is 5.69 Å². The van der Waals surface area contributed by atoms with Crippen molar-refractivity contribution in [2.45, 2.75) is 6.42 Å². The Kier molecular flexibility index (Phi) is 2.25. The van der Waals surface area contributed by atoms with Gasteiger partial charge in [0.15, 0.2) is 0 Å². The number of hydrogen-bond acceptors (Lipinski definition) is 1. The highest BCUT2D eigenvalue weighted by Gasteiger charge is 2.18. The number of aromatic nitrogens is 1. The molecule has 90 valence electrons. The molecule has 1 heterocycles. The van der Waals surface area contributed by atoms with Crippen LogP contribution in [0.25, 0.3) is 22.4 Å². The lowest BCUT2D eigenvalue weighted by molar-refractivity contribution is 1.26. The first-order valence-corrected chi connectivity index (χ1v) is 6.54. The van der Waals surface area contributed by atoms with Gasteiger partial charge in [-0.2, -0.15) is 0 Å². The zero-order valence-corrected chi connectivity index (χ0v) is 10.5. The van der Waals surface area contributed by atoms with Crippen LogP contribution in [0.5, 0.6) is 0 Å². The van der Waals surface area contributed by atoms with E-state index in [0.717, 1.165) is 12.1 Å². The summed E-state index contributed by atoms with van der Waals surface area (Å²) in [5.41, 5.74) is 7.80. The van der Waals surface area contributed by atoms with Gasteiger partial charge in [-0.3, -0.25) is 4.98 Å². The van der Waals surface area contributed by atoms with Crippen molar-refractivity contribution in [3.05, 3.63) is 78.0 Å². The van der Waals surface area contributed by atoms with Crippen molar-refractivity contribution >= 4 is 0 Å². The van der Waals surface area contributed by atoms with Crippen LogP contribution in [0, 0.1) is 0 Å². The lowest BCUT2D eigenvalue weighted by Gasteiger charge is -2.05. The molecule has 0 saturated carbocycles. The quantitative estimate of drug-likeness (QED) is 0.485. The first-order chi connectivity index (χ1) is 9.42. The molecule has 0 bridgehead atoms. The van der Waals surface area contributed by atoms with E-state index in [-0.39, 0.29) is 0 Å². The predicted molar refractivity (Wildman–Crippen MR) is 77.9 cm³/mol. The summed E-state index contributed by atoms with van der Waals surface area (Å²) in [5.74, 6) is 0. The SMILES string of the molecule is c1ccc(-c2ccc3c(c2)-c2ccccc2C3)nc1. The lowest BCUT2D eigenvalue weighted by atomic mass is 10.0. The molecule has 2 aromatic carbocycles. The van der Waals surface area contributed by atoms with Gasteiger partial charge in [0.25, 0.3) is 0 Å². The summed E-state index contributed by atoms with van der Waals surface area (Å²) >= 11 is 0. The molecular weight excluding hydrogens is 230 g/mol. The van der Waals surface area contributed by atoms with E-state index in [2.05, 4.69) is 53.5 Å². The van der Waals surface area contributed by atoms with Crippen LogP contribution in [0.2, 0.25) is 0 Å². The van der Waals surface area contributed by atoms with Gasteiger partial charge in [0.2, 0.25) is 0 Å². The summed E-state index contributed by atoms with van der Waals surface area (Å²) in [5, 5.41) is 0. The molecule has 0 radical (unpaired) electrons. The fourth-order valence-electron chi connectivity index (χ4n) is 2.82. The molecule has 0 atom stereocenters. The third-order valence-corrected chi connectivity index (χ3v) is 3.76. The fraction of sp³-hybridized carbons (Fsp3) is 0.0556. The van der Waals surface area contributed by atoms with Gasteiger partial charge in [-0.05, 0) is 46.9 Å². The monoisotopic (exact) mass is 243 g/mol. The molecule has 19 heavy (non-hydrogen) atoms. The molecule has 1 heteroatoms. The maximum absolute atomic E-state index is 4.43. The minimum absolute atomic E-state index is 1.04. The summed E-state index contributed by atoms with van der Waals surface area (Å²) in [7, 11) is 0. The molecule has 1 aliphatic rings. The average Bonchev–Trinajstić information content (AvgIpc) is 2.86. The van der Waals surface area contributed by atoms with Crippen LogP contribution in [0.4, 0.5) is 0 Å². The zero-order chi connectivity index (χ0) is 12.7.